The molecule has 0 spiro atoms. The average Bonchev–Trinajstić information content (AvgIpc) is 3.05. The summed E-state index contributed by atoms with van der Waals surface area (Å²) in [5.74, 6) is 1.13. The molecule has 2 aromatic carbocycles. The molecule has 0 N–H and O–H groups in total. The van der Waals surface area contributed by atoms with Crippen molar-refractivity contribution in [2.45, 2.75) is 20.0 Å². The fourth-order valence-electron chi connectivity index (χ4n) is 2.36. The van der Waals surface area contributed by atoms with Crippen molar-refractivity contribution < 1.29 is 4.42 Å². The number of halogens is 2. The van der Waals surface area contributed by atoms with E-state index in [2.05, 4.69) is 38.0 Å². The van der Waals surface area contributed by atoms with Gasteiger partial charge in [0.15, 0.2) is 0 Å². The Morgan fingerprint density at radius 3 is 2.50 bits per heavy atom. The van der Waals surface area contributed by atoms with Crippen LogP contribution in [0.4, 0.5) is 0 Å². The molecule has 0 saturated carbocycles. The van der Waals surface area contributed by atoms with E-state index in [1.165, 1.54) is 0 Å². The minimum Gasteiger partial charge on any atom is -0.419 e. The lowest BCUT2D eigenvalue weighted by molar-refractivity contribution is 0.243. The first-order valence-corrected chi connectivity index (χ1v) is 8.87. The number of nitrogens with zero attached hydrogens (tertiary/aromatic N) is 3. The molecule has 0 saturated heterocycles. The maximum Gasteiger partial charge on any atom is 0.247 e. The van der Waals surface area contributed by atoms with Gasteiger partial charge in [-0.25, -0.2) is 0 Å². The van der Waals surface area contributed by atoms with Crippen LogP contribution in [0.5, 0.6) is 0 Å². The molecule has 0 aliphatic rings. The first-order valence-electron chi connectivity index (χ1n) is 7.70. The molecule has 6 heteroatoms. The van der Waals surface area contributed by atoms with Crippen LogP contribution in [0, 0.1) is 0 Å². The third kappa shape index (κ3) is 4.23. The highest BCUT2D eigenvalue weighted by Crippen LogP contribution is 2.22. The Kier molecular flexibility index (Phi) is 5.66. The van der Waals surface area contributed by atoms with Gasteiger partial charge in [0.05, 0.1) is 6.54 Å². The minimum absolute atomic E-state index is 0.534. The SMILES string of the molecule is CCN(Cc1nnc(-c2ccc(Br)cc2)o1)Cc1ccccc1Cl. The Labute approximate surface area is 154 Å². The van der Waals surface area contributed by atoms with Crippen molar-refractivity contribution in [1.82, 2.24) is 15.1 Å². The molecule has 0 unspecified atom stereocenters. The molecule has 0 bridgehead atoms. The molecule has 1 heterocycles. The maximum absolute atomic E-state index is 6.24. The van der Waals surface area contributed by atoms with Crippen molar-refractivity contribution in [3.8, 4) is 11.5 Å². The van der Waals surface area contributed by atoms with E-state index >= 15 is 0 Å². The second-order valence-electron chi connectivity index (χ2n) is 5.40. The van der Waals surface area contributed by atoms with E-state index in [0.29, 0.717) is 18.3 Å². The fourth-order valence-corrected chi connectivity index (χ4v) is 2.82. The monoisotopic (exact) mass is 405 g/mol. The van der Waals surface area contributed by atoms with E-state index in [1.807, 2.05) is 48.5 Å². The van der Waals surface area contributed by atoms with Gasteiger partial charge in [0, 0.05) is 21.6 Å². The van der Waals surface area contributed by atoms with Crippen LogP contribution < -0.4 is 0 Å². The normalized spacial score (nSPS) is 11.2. The lowest BCUT2D eigenvalue weighted by Crippen LogP contribution is -2.22. The zero-order valence-corrected chi connectivity index (χ0v) is 15.6. The fraction of sp³-hybridized carbons (Fsp3) is 0.222. The first-order chi connectivity index (χ1) is 11.7. The van der Waals surface area contributed by atoms with Crippen LogP contribution in [-0.4, -0.2) is 21.6 Å². The van der Waals surface area contributed by atoms with Crippen LogP contribution in [0.1, 0.15) is 18.4 Å². The second kappa shape index (κ2) is 7.92. The van der Waals surface area contributed by atoms with E-state index in [0.717, 1.165) is 33.7 Å². The maximum atomic E-state index is 6.24. The van der Waals surface area contributed by atoms with Crippen LogP contribution in [-0.2, 0) is 13.1 Å². The zero-order valence-electron chi connectivity index (χ0n) is 13.2. The molecular formula is C18H17BrClN3O. The van der Waals surface area contributed by atoms with E-state index in [9.17, 15) is 0 Å². The highest BCUT2D eigenvalue weighted by molar-refractivity contribution is 9.10. The molecule has 0 atom stereocenters. The van der Waals surface area contributed by atoms with Crippen molar-refractivity contribution in [3.05, 3.63) is 69.5 Å². The summed E-state index contributed by atoms with van der Waals surface area (Å²) in [4.78, 5) is 2.21. The van der Waals surface area contributed by atoms with Gasteiger partial charge >= 0.3 is 0 Å². The molecule has 0 aliphatic carbocycles. The van der Waals surface area contributed by atoms with Crippen LogP contribution in [0.3, 0.4) is 0 Å². The van der Waals surface area contributed by atoms with Crippen molar-refractivity contribution in [1.29, 1.82) is 0 Å². The number of hydrogen-bond acceptors (Lipinski definition) is 4. The Morgan fingerprint density at radius 2 is 1.79 bits per heavy atom. The van der Waals surface area contributed by atoms with Gasteiger partial charge in [-0.1, -0.05) is 52.7 Å². The molecule has 3 rings (SSSR count). The summed E-state index contributed by atoms with van der Waals surface area (Å²) < 4.78 is 6.81. The second-order valence-corrected chi connectivity index (χ2v) is 6.73. The van der Waals surface area contributed by atoms with Crippen molar-refractivity contribution in [3.63, 3.8) is 0 Å². The summed E-state index contributed by atoms with van der Waals surface area (Å²) >= 11 is 9.66. The van der Waals surface area contributed by atoms with E-state index in [1.54, 1.807) is 0 Å². The molecule has 124 valence electrons. The lowest BCUT2D eigenvalue weighted by atomic mass is 10.2. The van der Waals surface area contributed by atoms with Crippen LogP contribution >= 0.6 is 27.5 Å². The van der Waals surface area contributed by atoms with Crippen molar-refractivity contribution in [2.75, 3.05) is 6.54 Å². The van der Waals surface area contributed by atoms with Gasteiger partial charge in [-0.2, -0.15) is 0 Å². The summed E-state index contributed by atoms with van der Waals surface area (Å²) in [6.07, 6.45) is 0. The molecule has 0 aliphatic heterocycles. The van der Waals surface area contributed by atoms with Gasteiger partial charge in [-0.3, -0.25) is 4.90 Å². The molecule has 0 amide bonds. The predicted octanol–water partition coefficient (Wildman–Crippen LogP) is 5.17. The van der Waals surface area contributed by atoms with Gasteiger partial charge in [-0.15, -0.1) is 10.2 Å². The summed E-state index contributed by atoms with van der Waals surface area (Å²) in [7, 11) is 0. The van der Waals surface area contributed by atoms with Gasteiger partial charge < -0.3 is 4.42 Å². The van der Waals surface area contributed by atoms with Crippen molar-refractivity contribution in [2.24, 2.45) is 0 Å². The van der Waals surface area contributed by atoms with Gasteiger partial charge in [0.25, 0.3) is 0 Å². The van der Waals surface area contributed by atoms with Crippen LogP contribution in [0.15, 0.2) is 57.4 Å². The summed E-state index contributed by atoms with van der Waals surface area (Å²) in [5.41, 5.74) is 2.00. The highest BCUT2D eigenvalue weighted by Gasteiger charge is 2.13. The third-order valence-corrected chi connectivity index (χ3v) is 4.61. The molecule has 4 nitrogen and oxygen atoms in total. The standard InChI is InChI=1S/C18H17BrClN3O/c1-2-23(11-14-5-3-4-6-16(14)20)12-17-21-22-18(24-17)13-7-9-15(19)10-8-13/h3-10H,2,11-12H2,1H3. The minimum atomic E-state index is 0.534. The van der Waals surface area contributed by atoms with Gasteiger partial charge in [-0.05, 0) is 42.4 Å². The van der Waals surface area contributed by atoms with Gasteiger partial charge in [0.1, 0.15) is 0 Å². The topological polar surface area (TPSA) is 42.2 Å². The molecule has 1 aromatic heterocycles. The highest BCUT2D eigenvalue weighted by atomic mass is 79.9. The molecule has 24 heavy (non-hydrogen) atoms. The summed E-state index contributed by atoms with van der Waals surface area (Å²) in [5, 5.41) is 9.08. The van der Waals surface area contributed by atoms with E-state index in [4.69, 9.17) is 16.0 Å². The Bertz CT molecular complexity index is 804. The molecule has 0 radical (unpaired) electrons. The van der Waals surface area contributed by atoms with E-state index in [-0.39, 0.29) is 0 Å². The largest absolute Gasteiger partial charge is 0.419 e. The Hall–Kier alpha value is -1.69. The first kappa shape index (κ1) is 17.1. The average molecular weight is 407 g/mol. The molecule has 0 fully saturated rings. The van der Waals surface area contributed by atoms with Crippen LogP contribution in [0.25, 0.3) is 11.5 Å². The summed E-state index contributed by atoms with van der Waals surface area (Å²) in [6.45, 7) is 4.29. The number of rotatable bonds is 6. The van der Waals surface area contributed by atoms with Gasteiger partial charge in [0.2, 0.25) is 11.8 Å². The van der Waals surface area contributed by atoms with Crippen LogP contribution in [0.2, 0.25) is 5.02 Å². The lowest BCUT2D eigenvalue weighted by Gasteiger charge is -2.18. The number of benzene rings is 2. The quantitative estimate of drug-likeness (QED) is 0.566. The zero-order chi connectivity index (χ0) is 16.9. The van der Waals surface area contributed by atoms with Crippen molar-refractivity contribution >= 4 is 27.5 Å². The summed E-state index contributed by atoms with van der Waals surface area (Å²) in [6, 6.07) is 15.7. The number of hydrogen-bond donors (Lipinski definition) is 0. The Balaban J connectivity index is 1.70. The smallest absolute Gasteiger partial charge is 0.247 e. The molecule has 3 aromatic rings. The third-order valence-electron chi connectivity index (χ3n) is 3.72. The van der Waals surface area contributed by atoms with E-state index < -0.39 is 0 Å². The molecular weight excluding hydrogens is 390 g/mol. The Morgan fingerprint density at radius 1 is 1.04 bits per heavy atom. The number of aromatic nitrogens is 2. The predicted molar refractivity (Wildman–Crippen MR) is 98.7 cm³/mol.